The number of amides is 1. The average molecular weight is 289 g/mol. The van der Waals surface area contributed by atoms with Crippen molar-refractivity contribution in [3.63, 3.8) is 0 Å². The van der Waals surface area contributed by atoms with Crippen LogP contribution in [0.1, 0.15) is 20.8 Å². The van der Waals surface area contributed by atoms with E-state index < -0.39 is 0 Å². The molecule has 0 aliphatic rings. The van der Waals surface area contributed by atoms with E-state index in [4.69, 9.17) is 10.9 Å². The Bertz CT molecular complexity index is 632. The molecule has 0 spiro atoms. The first-order valence-corrected chi connectivity index (χ1v) is 6.89. The fraction of sp³-hybridized carbons (Fsp3) is 0.143. The van der Waals surface area contributed by atoms with E-state index in [1.54, 1.807) is 12.1 Å². The second-order valence-electron chi connectivity index (χ2n) is 4.35. The summed E-state index contributed by atoms with van der Waals surface area (Å²) in [5.41, 5.74) is 8.03. The van der Waals surface area contributed by atoms with Gasteiger partial charge in [-0.3, -0.25) is 4.79 Å². The van der Waals surface area contributed by atoms with Gasteiger partial charge in [0.15, 0.2) is 0 Å². The molecular weight excluding hydrogens is 274 g/mol. The molecule has 0 unspecified atom stereocenters. The number of thiophene rings is 1. The molecule has 20 heavy (non-hydrogen) atoms. The Balaban J connectivity index is 2.04. The van der Waals surface area contributed by atoms with E-state index in [2.05, 4.69) is 10.5 Å². The van der Waals surface area contributed by atoms with Gasteiger partial charge in [0.1, 0.15) is 5.84 Å². The van der Waals surface area contributed by atoms with Crippen molar-refractivity contribution in [2.24, 2.45) is 10.9 Å². The van der Waals surface area contributed by atoms with Crippen molar-refractivity contribution >= 4 is 28.8 Å². The minimum atomic E-state index is -0.110. The van der Waals surface area contributed by atoms with Crippen molar-refractivity contribution < 1.29 is 10.0 Å². The normalized spacial score (nSPS) is 11.3. The van der Waals surface area contributed by atoms with Gasteiger partial charge < -0.3 is 16.3 Å². The summed E-state index contributed by atoms with van der Waals surface area (Å²) in [4.78, 5) is 12.7. The highest BCUT2D eigenvalue weighted by atomic mass is 32.1. The van der Waals surface area contributed by atoms with E-state index in [1.807, 2.05) is 30.5 Å². The molecule has 0 fully saturated rings. The van der Waals surface area contributed by atoms with Crippen LogP contribution in [0.5, 0.6) is 0 Å². The first-order valence-electron chi connectivity index (χ1n) is 6.01. The minimum Gasteiger partial charge on any atom is -0.409 e. The number of carbonyl (C=O) groups excluding carboxylic acids is 1. The van der Waals surface area contributed by atoms with E-state index in [1.165, 1.54) is 11.3 Å². The van der Waals surface area contributed by atoms with Crippen LogP contribution < -0.4 is 11.1 Å². The Morgan fingerprint density at radius 3 is 2.60 bits per heavy atom. The predicted octanol–water partition coefficient (Wildman–Crippen LogP) is 2.60. The highest BCUT2D eigenvalue weighted by Crippen LogP contribution is 2.18. The lowest BCUT2D eigenvalue weighted by atomic mass is 10.1. The van der Waals surface area contributed by atoms with Crippen molar-refractivity contribution in [3.8, 4) is 0 Å². The van der Waals surface area contributed by atoms with E-state index >= 15 is 0 Å². The van der Waals surface area contributed by atoms with E-state index in [0.717, 1.165) is 11.1 Å². The van der Waals surface area contributed by atoms with Crippen LogP contribution in [0.4, 0.5) is 5.69 Å². The molecule has 1 aromatic heterocycles. The molecule has 2 rings (SSSR count). The van der Waals surface area contributed by atoms with Gasteiger partial charge in [-0.05, 0) is 41.6 Å². The van der Waals surface area contributed by atoms with E-state index in [-0.39, 0.29) is 11.7 Å². The summed E-state index contributed by atoms with van der Waals surface area (Å²) in [5.74, 6) is 0.0395. The third-order valence-electron chi connectivity index (χ3n) is 2.79. The summed E-state index contributed by atoms with van der Waals surface area (Å²) in [6.07, 6.45) is 0.370. The molecule has 0 saturated carbocycles. The second-order valence-corrected chi connectivity index (χ2v) is 5.27. The van der Waals surface area contributed by atoms with E-state index in [0.29, 0.717) is 17.0 Å². The molecule has 0 aliphatic heterocycles. The zero-order valence-electron chi connectivity index (χ0n) is 11.0. The molecule has 2 aromatic rings. The number of hydrogen-bond donors (Lipinski definition) is 3. The van der Waals surface area contributed by atoms with Gasteiger partial charge in [-0.1, -0.05) is 17.3 Å². The molecule has 0 aliphatic carbocycles. The largest absolute Gasteiger partial charge is 0.409 e. The highest BCUT2D eigenvalue weighted by Gasteiger charge is 2.10. The quantitative estimate of drug-likeness (QED) is 0.350. The van der Waals surface area contributed by atoms with Gasteiger partial charge in [0, 0.05) is 12.1 Å². The minimum absolute atomic E-state index is 0.110. The molecule has 6 heteroatoms. The number of nitrogens with one attached hydrogen (secondary N) is 1. The summed E-state index contributed by atoms with van der Waals surface area (Å²) < 4.78 is 0. The van der Waals surface area contributed by atoms with Gasteiger partial charge in [0.25, 0.3) is 5.91 Å². The molecule has 0 atom stereocenters. The van der Waals surface area contributed by atoms with E-state index in [9.17, 15) is 4.79 Å². The topological polar surface area (TPSA) is 87.7 Å². The monoisotopic (exact) mass is 289 g/mol. The third-order valence-corrected chi connectivity index (χ3v) is 3.81. The molecule has 1 heterocycles. The van der Waals surface area contributed by atoms with Crippen LogP contribution in [0.2, 0.25) is 0 Å². The molecule has 4 N–H and O–H groups in total. The number of rotatable bonds is 4. The number of hydrogen-bond acceptors (Lipinski definition) is 4. The lowest BCUT2D eigenvalue weighted by molar-refractivity contribution is 0.103. The number of anilines is 1. The van der Waals surface area contributed by atoms with Crippen molar-refractivity contribution in [1.29, 1.82) is 0 Å². The molecule has 0 saturated heterocycles. The van der Waals surface area contributed by atoms with Gasteiger partial charge >= 0.3 is 0 Å². The van der Waals surface area contributed by atoms with Crippen LogP contribution >= 0.6 is 11.3 Å². The number of benzene rings is 1. The maximum atomic E-state index is 12.0. The number of amidine groups is 1. The van der Waals surface area contributed by atoms with Crippen LogP contribution in [0.25, 0.3) is 0 Å². The average Bonchev–Trinajstić information content (AvgIpc) is 2.87. The van der Waals surface area contributed by atoms with Gasteiger partial charge in [-0.25, -0.2) is 0 Å². The predicted molar refractivity (Wildman–Crippen MR) is 80.6 cm³/mol. The summed E-state index contributed by atoms with van der Waals surface area (Å²) >= 11 is 1.42. The van der Waals surface area contributed by atoms with Crippen molar-refractivity contribution in [2.75, 3.05) is 5.32 Å². The fourth-order valence-electron chi connectivity index (χ4n) is 1.74. The van der Waals surface area contributed by atoms with Gasteiger partial charge in [0.2, 0.25) is 0 Å². The molecule has 0 bridgehead atoms. The fourth-order valence-corrected chi connectivity index (χ4v) is 2.56. The van der Waals surface area contributed by atoms with Crippen LogP contribution in [0, 0.1) is 6.92 Å². The van der Waals surface area contributed by atoms with Crippen LogP contribution in [0.3, 0.4) is 0 Å². The first-order chi connectivity index (χ1) is 9.60. The number of aryl methyl sites for hydroxylation is 1. The first kappa shape index (κ1) is 14.1. The SMILES string of the molecule is Cc1ccsc1C(=O)Nc1ccc(CC(N)=NO)cc1. The van der Waals surface area contributed by atoms with Crippen LogP contribution in [-0.2, 0) is 6.42 Å². The summed E-state index contributed by atoms with van der Waals surface area (Å²) in [6.45, 7) is 1.91. The summed E-state index contributed by atoms with van der Waals surface area (Å²) in [6, 6.07) is 9.16. The van der Waals surface area contributed by atoms with Crippen molar-refractivity contribution in [1.82, 2.24) is 0 Å². The van der Waals surface area contributed by atoms with Gasteiger partial charge in [-0.2, -0.15) is 0 Å². The maximum absolute atomic E-state index is 12.0. The van der Waals surface area contributed by atoms with Crippen molar-refractivity contribution in [2.45, 2.75) is 13.3 Å². The second kappa shape index (κ2) is 6.21. The summed E-state index contributed by atoms with van der Waals surface area (Å²) in [5, 5.41) is 16.2. The Labute approximate surface area is 120 Å². The number of oxime groups is 1. The Kier molecular flexibility index (Phi) is 4.37. The Morgan fingerprint density at radius 2 is 2.05 bits per heavy atom. The maximum Gasteiger partial charge on any atom is 0.265 e. The van der Waals surface area contributed by atoms with Gasteiger partial charge in [-0.15, -0.1) is 11.3 Å². The Morgan fingerprint density at radius 1 is 1.35 bits per heavy atom. The smallest absolute Gasteiger partial charge is 0.265 e. The molecular formula is C14H15N3O2S. The number of nitrogens with two attached hydrogens (primary N) is 1. The van der Waals surface area contributed by atoms with Crippen LogP contribution in [-0.4, -0.2) is 17.0 Å². The lowest BCUT2D eigenvalue weighted by Crippen LogP contribution is -2.15. The number of nitrogens with zero attached hydrogens (tertiary/aromatic N) is 1. The molecule has 5 nitrogen and oxygen atoms in total. The van der Waals surface area contributed by atoms with Gasteiger partial charge in [0.05, 0.1) is 4.88 Å². The standard InChI is InChI=1S/C14H15N3O2S/c1-9-6-7-20-13(9)14(18)16-11-4-2-10(3-5-11)8-12(15)17-19/h2-7,19H,8H2,1H3,(H2,15,17)(H,16,18). The molecule has 104 valence electrons. The van der Waals surface area contributed by atoms with Crippen molar-refractivity contribution in [3.05, 3.63) is 51.7 Å². The molecule has 1 aromatic carbocycles. The zero-order chi connectivity index (χ0) is 14.5. The zero-order valence-corrected chi connectivity index (χ0v) is 11.8. The lowest BCUT2D eigenvalue weighted by Gasteiger charge is -2.06. The number of carbonyl (C=O) groups is 1. The molecule has 0 radical (unpaired) electrons. The summed E-state index contributed by atoms with van der Waals surface area (Å²) in [7, 11) is 0. The third kappa shape index (κ3) is 3.36. The highest BCUT2D eigenvalue weighted by molar-refractivity contribution is 7.12. The Hall–Kier alpha value is -2.34. The van der Waals surface area contributed by atoms with Crippen LogP contribution in [0.15, 0.2) is 40.9 Å². The molecule has 1 amide bonds.